The fourth-order valence-corrected chi connectivity index (χ4v) is 3.37. The van der Waals surface area contributed by atoms with Crippen molar-refractivity contribution in [1.82, 2.24) is 10.3 Å². The molecule has 0 saturated carbocycles. The molecule has 3 rings (SSSR count). The second kappa shape index (κ2) is 7.47. The number of aliphatic hydroxyl groups is 1. The predicted octanol–water partition coefficient (Wildman–Crippen LogP) is 0.369. The van der Waals surface area contributed by atoms with Crippen molar-refractivity contribution in [1.29, 1.82) is 0 Å². The lowest BCUT2D eigenvalue weighted by Crippen LogP contribution is -2.53. The molecular formula is C14H21N3O4S. The lowest BCUT2D eigenvalue weighted by atomic mass is 9.96. The van der Waals surface area contributed by atoms with Crippen LogP contribution in [0.15, 0.2) is 11.6 Å². The van der Waals surface area contributed by atoms with Crippen LogP contribution >= 0.6 is 11.3 Å². The number of hydrogen-bond donors (Lipinski definition) is 3. The summed E-state index contributed by atoms with van der Waals surface area (Å²) in [6, 6.07) is 0.174. The van der Waals surface area contributed by atoms with Crippen LogP contribution in [0.25, 0.3) is 0 Å². The average molecular weight is 327 g/mol. The third kappa shape index (κ3) is 4.23. The number of amides is 1. The van der Waals surface area contributed by atoms with Crippen molar-refractivity contribution in [3.05, 3.63) is 11.6 Å². The van der Waals surface area contributed by atoms with E-state index in [2.05, 4.69) is 15.6 Å². The minimum absolute atomic E-state index is 0.0705. The quantitative estimate of drug-likeness (QED) is 0.743. The molecule has 22 heavy (non-hydrogen) atoms. The molecule has 7 nitrogen and oxygen atoms in total. The zero-order chi connectivity index (χ0) is 15.4. The van der Waals surface area contributed by atoms with Crippen LogP contribution in [-0.4, -0.2) is 60.1 Å². The summed E-state index contributed by atoms with van der Waals surface area (Å²) in [4.78, 5) is 16.0. The summed E-state index contributed by atoms with van der Waals surface area (Å²) in [7, 11) is 0. The third-order valence-electron chi connectivity index (χ3n) is 3.92. The number of carbonyl (C=O) groups excluding carboxylic acids is 1. The van der Waals surface area contributed by atoms with Crippen LogP contribution in [0.2, 0.25) is 0 Å². The highest BCUT2D eigenvalue weighted by atomic mass is 32.1. The van der Waals surface area contributed by atoms with Crippen LogP contribution in [0, 0.1) is 0 Å². The van der Waals surface area contributed by atoms with E-state index in [1.807, 2.05) is 5.38 Å². The first kappa shape index (κ1) is 15.8. The van der Waals surface area contributed by atoms with Crippen molar-refractivity contribution >= 4 is 22.4 Å². The summed E-state index contributed by atoms with van der Waals surface area (Å²) in [6.45, 7) is 1.27. The summed E-state index contributed by atoms with van der Waals surface area (Å²) in [5.41, 5.74) is 0. The lowest BCUT2D eigenvalue weighted by molar-refractivity contribution is -0.134. The zero-order valence-electron chi connectivity index (χ0n) is 12.2. The number of nitrogens with zero attached hydrogens (tertiary/aromatic N) is 1. The van der Waals surface area contributed by atoms with E-state index in [9.17, 15) is 9.90 Å². The second-order valence-electron chi connectivity index (χ2n) is 5.67. The van der Waals surface area contributed by atoms with Gasteiger partial charge in [-0.15, -0.1) is 11.3 Å². The minimum atomic E-state index is -0.470. The largest absolute Gasteiger partial charge is 0.389 e. The first-order valence-corrected chi connectivity index (χ1v) is 8.42. The zero-order valence-corrected chi connectivity index (χ0v) is 13.1. The Hall–Kier alpha value is -1.06. The van der Waals surface area contributed by atoms with Crippen LogP contribution in [0.3, 0.4) is 0 Å². The number of nitrogens with one attached hydrogen (secondary N) is 2. The SMILES string of the molecule is O=C(C[C@H]1CC[C@H]2NC[C@H](O)COC[C@@H]2O1)Nc1nccs1. The number of aliphatic hydroxyl groups excluding tert-OH is 1. The van der Waals surface area contributed by atoms with Gasteiger partial charge in [-0.1, -0.05) is 0 Å². The topological polar surface area (TPSA) is 92.7 Å². The van der Waals surface area contributed by atoms with Crippen molar-refractivity contribution in [2.75, 3.05) is 25.1 Å². The van der Waals surface area contributed by atoms with Gasteiger partial charge in [0, 0.05) is 24.2 Å². The monoisotopic (exact) mass is 327 g/mol. The number of rotatable bonds is 3. The molecule has 4 atom stereocenters. The van der Waals surface area contributed by atoms with Crippen molar-refractivity contribution in [2.24, 2.45) is 0 Å². The van der Waals surface area contributed by atoms with Crippen molar-refractivity contribution in [2.45, 2.75) is 43.6 Å². The number of hydrogen-bond acceptors (Lipinski definition) is 7. The fraction of sp³-hybridized carbons (Fsp3) is 0.714. The van der Waals surface area contributed by atoms with E-state index < -0.39 is 6.10 Å². The highest BCUT2D eigenvalue weighted by Crippen LogP contribution is 2.24. The Kier molecular flexibility index (Phi) is 5.37. The van der Waals surface area contributed by atoms with Gasteiger partial charge < -0.3 is 25.2 Å². The Morgan fingerprint density at radius 2 is 2.41 bits per heavy atom. The molecule has 122 valence electrons. The normalized spacial score (nSPS) is 32.6. The molecule has 1 amide bonds. The van der Waals surface area contributed by atoms with E-state index in [4.69, 9.17) is 9.47 Å². The Bertz CT molecular complexity index is 484. The van der Waals surface area contributed by atoms with E-state index in [0.717, 1.165) is 12.8 Å². The Labute approximate surface area is 133 Å². The molecule has 1 aromatic heterocycles. The first-order valence-electron chi connectivity index (χ1n) is 7.54. The van der Waals surface area contributed by atoms with E-state index >= 15 is 0 Å². The summed E-state index contributed by atoms with van der Waals surface area (Å²) in [5, 5.41) is 18.1. The Balaban J connectivity index is 1.49. The fourth-order valence-electron chi connectivity index (χ4n) is 2.83. The van der Waals surface area contributed by atoms with Crippen LogP contribution in [-0.2, 0) is 14.3 Å². The van der Waals surface area contributed by atoms with E-state index in [-0.39, 0.29) is 24.2 Å². The molecule has 0 aromatic carbocycles. The number of aromatic nitrogens is 1. The molecule has 1 aromatic rings. The van der Waals surface area contributed by atoms with Crippen molar-refractivity contribution < 1.29 is 19.4 Å². The average Bonchev–Trinajstić information content (AvgIpc) is 2.97. The number of ether oxygens (including phenoxy) is 2. The van der Waals surface area contributed by atoms with Gasteiger partial charge in [0.2, 0.25) is 5.91 Å². The highest BCUT2D eigenvalue weighted by Gasteiger charge is 2.33. The summed E-state index contributed by atoms with van der Waals surface area (Å²) in [5.74, 6) is -0.0754. The molecule has 0 unspecified atom stereocenters. The summed E-state index contributed by atoms with van der Waals surface area (Å²) >= 11 is 1.40. The molecule has 2 aliphatic rings. The predicted molar refractivity (Wildman–Crippen MR) is 81.9 cm³/mol. The van der Waals surface area contributed by atoms with Gasteiger partial charge in [-0.05, 0) is 12.8 Å². The lowest BCUT2D eigenvalue weighted by Gasteiger charge is -2.38. The van der Waals surface area contributed by atoms with Gasteiger partial charge in [0.25, 0.3) is 0 Å². The Morgan fingerprint density at radius 3 is 3.23 bits per heavy atom. The van der Waals surface area contributed by atoms with Crippen molar-refractivity contribution in [3.63, 3.8) is 0 Å². The van der Waals surface area contributed by atoms with Gasteiger partial charge in [-0.3, -0.25) is 4.79 Å². The smallest absolute Gasteiger partial charge is 0.228 e. The molecule has 2 saturated heterocycles. The number of β-amino-alcohol motifs (C(OH)–C–C–N with tert-alkyl or cyclic N) is 1. The van der Waals surface area contributed by atoms with Gasteiger partial charge in [0.1, 0.15) is 0 Å². The van der Waals surface area contributed by atoms with Crippen LogP contribution < -0.4 is 10.6 Å². The standard InChI is InChI=1S/C14H21N3O4S/c18-9-6-16-11-2-1-10(21-12(11)8-20-7-9)5-13(19)17-14-15-3-4-22-14/h3-4,9-12,16,18H,1-2,5-8H2,(H,15,17,19)/t9-,10+,11+,12-/m0/s1. The number of thiazole rings is 1. The van der Waals surface area contributed by atoms with Gasteiger partial charge in [-0.25, -0.2) is 4.98 Å². The first-order chi connectivity index (χ1) is 10.7. The molecule has 0 bridgehead atoms. The van der Waals surface area contributed by atoms with E-state index in [1.165, 1.54) is 11.3 Å². The molecular weight excluding hydrogens is 306 g/mol. The Morgan fingerprint density at radius 1 is 1.50 bits per heavy atom. The summed E-state index contributed by atoms with van der Waals surface area (Å²) < 4.78 is 11.5. The molecule has 8 heteroatoms. The van der Waals surface area contributed by atoms with Gasteiger partial charge >= 0.3 is 0 Å². The molecule has 3 heterocycles. The number of anilines is 1. The molecule has 3 N–H and O–H groups in total. The van der Waals surface area contributed by atoms with Gasteiger partial charge in [0.15, 0.2) is 5.13 Å². The van der Waals surface area contributed by atoms with Crippen molar-refractivity contribution in [3.8, 4) is 0 Å². The van der Waals surface area contributed by atoms with Crippen LogP contribution in [0.4, 0.5) is 5.13 Å². The maximum absolute atomic E-state index is 12.0. The number of carbonyl (C=O) groups is 1. The van der Waals surface area contributed by atoms with Crippen LogP contribution in [0.1, 0.15) is 19.3 Å². The molecule has 0 spiro atoms. The maximum Gasteiger partial charge on any atom is 0.228 e. The van der Waals surface area contributed by atoms with E-state index in [0.29, 0.717) is 31.3 Å². The molecule has 2 fully saturated rings. The highest BCUT2D eigenvalue weighted by molar-refractivity contribution is 7.13. The molecule has 2 aliphatic heterocycles. The second-order valence-corrected chi connectivity index (χ2v) is 6.56. The minimum Gasteiger partial charge on any atom is -0.389 e. The molecule has 0 aliphatic carbocycles. The van der Waals surface area contributed by atoms with Crippen LogP contribution in [0.5, 0.6) is 0 Å². The van der Waals surface area contributed by atoms with E-state index in [1.54, 1.807) is 6.20 Å². The third-order valence-corrected chi connectivity index (χ3v) is 4.60. The summed E-state index contributed by atoms with van der Waals surface area (Å²) in [6.07, 6.45) is 3.07. The van der Waals surface area contributed by atoms with Gasteiger partial charge in [0.05, 0.1) is 37.9 Å². The molecule has 0 radical (unpaired) electrons. The van der Waals surface area contributed by atoms with Gasteiger partial charge in [-0.2, -0.15) is 0 Å². The maximum atomic E-state index is 12.0. The number of fused-ring (bicyclic) bond motifs is 1.